The highest BCUT2D eigenvalue weighted by Crippen LogP contribution is 2.30. The molecule has 3 N–H and O–H groups in total. The lowest BCUT2D eigenvalue weighted by Gasteiger charge is -2.28. The Morgan fingerprint density at radius 2 is 1.83 bits per heavy atom. The molecule has 1 atom stereocenters. The number of carbonyl (C=O) groups is 2. The molecule has 0 spiro atoms. The van der Waals surface area contributed by atoms with E-state index >= 15 is 0 Å². The molecule has 0 aromatic carbocycles. The highest BCUT2D eigenvalue weighted by molar-refractivity contribution is 7.18. The summed E-state index contributed by atoms with van der Waals surface area (Å²) in [5.74, 6) is 1.53. The lowest BCUT2D eigenvalue weighted by molar-refractivity contribution is -0.125. The van der Waals surface area contributed by atoms with Crippen LogP contribution in [0.1, 0.15) is 33.5 Å². The van der Waals surface area contributed by atoms with Crippen LogP contribution < -0.4 is 16.0 Å². The van der Waals surface area contributed by atoms with E-state index in [4.69, 9.17) is 4.74 Å². The van der Waals surface area contributed by atoms with E-state index < -0.39 is 17.7 Å². The number of nitrogens with zero attached hydrogens (tertiary/aromatic N) is 5. The minimum Gasteiger partial charge on any atom is -0.444 e. The number of rotatable bonds is 9. The molecule has 3 rings (SSSR count). The van der Waals surface area contributed by atoms with Gasteiger partial charge in [0.05, 0.1) is 4.88 Å². The molecule has 2 amide bonds. The fraction of sp³-hybridized carbons (Fsp3) is 0.417. The molecular formula is C24H32N8O3S. The summed E-state index contributed by atoms with van der Waals surface area (Å²) >= 11 is 1.51. The Labute approximate surface area is 214 Å². The SMILES string of the molecule is Cc1nc(NCCNC(=O)C(C)N(C)C(=O)OC(C)(C)C)cc(Nc2ncc(-c3ccncc3)s2)n1. The van der Waals surface area contributed by atoms with Gasteiger partial charge in [-0.3, -0.25) is 14.7 Å². The molecule has 0 bridgehead atoms. The first-order valence-corrected chi connectivity index (χ1v) is 12.3. The average Bonchev–Trinajstić information content (AvgIpc) is 3.28. The van der Waals surface area contributed by atoms with Gasteiger partial charge in [-0.25, -0.2) is 19.7 Å². The second-order valence-corrected chi connectivity index (χ2v) is 10.1. The van der Waals surface area contributed by atoms with Crippen molar-refractivity contribution in [2.75, 3.05) is 30.8 Å². The number of hydrogen-bond acceptors (Lipinski definition) is 10. The number of pyridine rings is 1. The first kappa shape index (κ1) is 26.8. The number of likely N-dealkylation sites (N-methyl/N-ethyl adjacent to an activating group) is 1. The molecule has 192 valence electrons. The van der Waals surface area contributed by atoms with Gasteiger partial charge in [-0.1, -0.05) is 11.3 Å². The van der Waals surface area contributed by atoms with Crippen LogP contribution in [0.25, 0.3) is 10.4 Å². The Hall–Kier alpha value is -3.80. The highest BCUT2D eigenvalue weighted by Gasteiger charge is 2.26. The maximum absolute atomic E-state index is 12.4. The van der Waals surface area contributed by atoms with Crippen molar-refractivity contribution in [3.05, 3.63) is 42.6 Å². The van der Waals surface area contributed by atoms with Gasteiger partial charge in [-0.05, 0) is 52.3 Å². The number of hydrogen-bond donors (Lipinski definition) is 3. The number of aromatic nitrogens is 4. The largest absolute Gasteiger partial charge is 0.444 e. The molecule has 1 unspecified atom stereocenters. The second-order valence-electron chi connectivity index (χ2n) is 9.06. The summed E-state index contributed by atoms with van der Waals surface area (Å²) in [4.78, 5) is 44.2. The van der Waals surface area contributed by atoms with Crippen LogP contribution >= 0.6 is 11.3 Å². The van der Waals surface area contributed by atoms with E-state index in [1.54, 1.807) is 59.3 Å². The molecule has 3 aromatic rings. The Morgan fingerprint density at radius 3 is 2.53 bits per heavy atom. The molecule has 0 aliphatic heterocycles. The van der Waals surface area contributed by atoms with E-state index in [1.807, 2.05) is 12.1 Å². The van der Waals surface area contributed by atoms with Gasteiger partial charge in [0.15, 0.2) is 5.13 Å². The number of carbonyl (C=O) groups excluding carboxylic acids is 2. The third-order valence-electron chi connectivity index (χ3n) is 4.92. The summed E-state index contributed by atoms with van der Waals surface area (Å²) in [6.45, 7) is 9.58. The quantitative estimate of drug-likeness (QED) is 0.366. The number of ether oxygens (including phenoxy) is 1. The number of amides is 2. The predicted molar refractivity (Wildman–Crippen MR) is 140 cm³/mol. The summed E-state index contributed by atoms with van der Waals surface area (Å²) in [5.41, 5.74) is 0.418. The van der Waals surface area contributed by atoms with Gasteiger partial charge in [0.2, 0.25) is 5.91 Å². The molecule has 0 saturated heterocycles. The smallest absolute Gasteiger partial charge is 0.410 e. The molecule has 0 aliphatic carbocycles. The van der Waals surface area contributed by atoms with Gasteiger partial charge in [0, 0.05) is 44.8 Å². The molecule has 36 heavy (non-hydrogen) atoms. The van der Waals surface area contributed by atoms with Crippen LogP contribution in [0.2, 0.25) is 0 Å². The summed E-state index contributed by atoms with van der Waals surface area (Å²) in [5, 5.41) is 9.93. The van der Waals surface area contributed by atoms with Gasteiger partial charge in [0.1, 0.15) is 29.1 Å². The third-order valence-corrected chi connectivity index (χ3v) is 5.88. The lowest BCUT2D eigenvalue weighted by atomic mass is 10.2. The third kappa shape index (κ3) is 7.87. The molecule has 11 nitrogen and oxygen atoms in total. The molecule has 0 saturated carbocycles. The van der Waals surface area contributed by atoms with Gasteiger partial charge in [-0.2, -0.15) is 0 Å². The summed E-state index contributed by atoms with van der Waals surface area (Å²) in [6, 6.07) is 4.97. The Bertz CT molecular complexity index is 1180. The maximum atomic E-state index is 12.4. The monoisotopic (exact) mass is 512 g/mol. The van der Waals surface area contributed by atoms with Crippen LogP contribution in [0.15, 0.2) is 36.8 Å². The number of aryl methyl sites for hydroxylation is 1. The molecule has 0 radical (unpaired) electrons. The van der Waals surface area contributed by atoms with Gasteiger partial charge in [0.25, 0.3) is 0 Å². The fourth-order valence-corrected chi connectivity index (χ4v) is 3.83. The van der Waals surface area contributed by atoms with Crippen molar-refractivity contribution in [3.63, 3.8) is 0 Å². The Morgan fingerprint density at radius 1 is 1.14 bits per heavy atom. The van der Waals surface area contributed by atoms with E-state index in [2.05, 4.69) is 35.9 Å². The zero-order valence-corrected chi connectivity index (χ0v) is 22.1. The van der Waals surface area contributed by atoms with Gasteiger partial charge >= 0.3 is 6.09 Å². The molecule has 3 heterocycles. The summed E-state index contributed by atoms with van der Waals surface area (Å²) < 4.78 is 5.31. The van der Waals surface area contributed by atoms with Gasteiger partial charge in [-0.15, -0.1) is 0 Å². The molecule has 0 aliphatic rings. The molecule has 0 fully saturated rings. The van der Waals surface area contributed by atoms with Crippen molar-refractivity contribution in [1.82, 2.24) is 30.2 Å². The topological polar surface area (TPSA) is 134 Å². The Kier molecular flexibility index (Phi) is 8.75. The molecular weight excluding hydrogens is 480 g/mol. The van der Waals surface area contributed by atoms with Crippen LogP contribution in [0.4, 0.5) is 21.6 Å². The lowest BCUT2D eigenvalue weighted by Crippen LogP contribution is -2.48. The molecule has 12 heteroatoms. The fourth-order valence-electron chi connectivity index (χ4n) is 3.01. The van der Waals surface area contributed by atoms with Crippen molar-refractivity contribution in [2.45, 2.75) is 46.3 Å². The highest BCUT2D eigenvalue weighted by atomic mass is 32.1. The number of anilines is 3. The van der Waals surface area contributed by atoms with Crippen LogP contribution in [-0.4, -0.2) is 68.6 Å². The number of thiazole rings is 1. The first-order valence-electron chi connectivity index (χ1n) is 11.5. The summed E-state index contributed by atoms with van der Waals surface area (Å²) in [7, 11) is 1.54. The van der Waals surface area contributed by atoms with Crippen molar-refractivity contribution >= 4 is 40.1 Å². The van der Waals surface area contributed by atoms with E-state index in [0.717, 1.165) is 10.4 Å². The van der Waals surface area contributed by atoms with E-state index in [0.29, 0.717) is 35.7 Å². The van der Waals surface area contributed by atoms with Crippen LogP contribution in [0.3, 0.4) is 0 Å². The zero-order valence-electron chi connectivity index (χ0n) is 21.3. The minimum atomic E-state index is -0.674. The minimum absolute atomic E-state index is 0.278. The number of nitrogens with one attached hydrogen (secondary N) is 3. The van der Waals surface area contributed by atoms with Gasteiger partial charge < -0.3 is 20.7 Å². The van der Waals surface area contributed by atoms with E-state index in [-0.39, 0.29) is 5.91 Å². The summed E-state index contributed by atoms with van der Waals surface area (Å²) in [6.07, 6.45) is 4.75. The van der Waals surface area contributed by atoms with Crippen molar-refractivity contribution in [2.24, 2.45) is 0 Å². The predicted octanol–water partition coefficient (Wildman–Crippen LogP) is 3.83. The van der Waals surface area contributed by atoms with Crippen molar-refractivity contribution in [3.8, 4) is 10.4 Å². The second kappa shape index (κ2) is 11.8. The van der Waals surface area contributed by atoms with Crippen LogP contribution in [0.5, 0.6) is 0 Å². The molecule has 3 aromatic heterocycles. The Balaban J connectivity index is 1.50. The van der Waals surface area contributed by atoms with Crippen molar-refractivity contribution in [1.29, 1.82) is 0 Å². The zero-order chi connectivity index (χ0) is 26.3. The van der Waals surface area contributed by atoms with E-state index in [9.17, 15) is 9.59 Å². The first-order chi connectivity index (χ1) is 17.0. The average molecular weight is 513 g/mol. The maximum Gasteiger partial charge on any atom is 0.410 e. The van der Waals surface area contributed by atoms with Crippen molar-refractivity contribution < 1.29 is 14.3 Å². The van der Waals surface area contributed by atoms with Crippen LogP contribution in [-0.2, 0) is 9.53 Å². The standard InChI is InChI=1S/C24H32N8O3S/c1-15(32(6)23(34)35-24(3,4)5)21(33)27-12-11-26-19-13-20(30-16(2)29-19)31-22-28-14-18(36-22)17-7-9-25-10-8-17/h7-10,13-15H,11-12H2,1-6H3,(H,27,33)(H2,26,28,29,30,31). The normalized spacial score (nSPS) is 11.9. The van der Waals surface area contributed by atoms with E-state index in [1.165, 1.54) is 23.3 Å². The van der Waals surface area contributed by atoms with Crippen LogP contribution in [0, 0.1) is 6.92 Å².